The molecule has 2 rings (SSSR count). The normalized spacial score (nSPS) is 17.5. The molecule has 110 valence electrons. The summed E-state index contributed by atoms with van der Waals surface area (Å²) in [5, 5.41) is 6.40. The van der Waals surface area contributed by atoms with Gasteiger partial charge in [-0.3, -0.25) is 4.79 Å². The molecule has 20 heavy (non-hydrogen) atoms. The van der Waals surface area contributed by atoms with Crippen molar-refractivity contribution in [2.45, 2.75) is 45.3 Å². The van der Waals surface area contributed by atoms with E-state index in [0.717, 1.165) is 37.2 Å². The van der Waals surface area contributed by atoms with E-state index in [1.807, 2.05) is 38.1 Å². The smallest absolute Gasteiger partial charge is 0.261 e. The Hall–Kier alpha value is -1.55. The first-order valence-corrected chi connectivity index (χ1v) is 7.43. The standard InChI is InChI=1S/C16H24N2O2/c1-3-15(20-14-6-4-5-12(2)11-14)16(19)18-13-7-9-17-10-8-13/h4-6,11,13,15,17H,3,7-10H2,1-2H3,(H,18,19). The summed E-state index contributed by atoms with van der Waals surface area (Å²) in [6.45, 7) is 5.94. The summed E-state index contributed by atoms with van der Waals surface area (Å²) in [4.78, 5) is 12.3. The van der Waals surface area contributed by atoms with Gasteiger partial charge in [0.2, 0.25) is 0 Å². The van der Waals surface area contributed by atoms with Crippen LogP contribution < -0.4 is 15.4 Å². The number of amides is 1. The lowest BCUT2D eigenvalue weighted by Gasteiger charge is -2.26. The van der Waals surface area contributed by atoms with Gasteiger partial charge in [0.1, 0.15) is 5.75 Å². The Morgan fingerprint density at radius 2 is 2.20 bits per heavy atom. The number of hydrogen-bond donors (Lipinski definition) is 2. The van der Waals surface area contributed by atoms with Crippen LogP contribution in [0.4, 0.5) is 0 Å². The number of carbonyl (C=O) groups excluding carboxylic acids is 1. The van der Waals surface area contributed by atoms with Crippen molar-refractivity contribution in [2.75, 3.05) is 13.1 Å². The van der Waals surface area contributed by atoms with Crippen molar-refractivity contribution in [1.82, 2.24) is 10.6 Å². The molecule has 4 heteroatoms. The second-order valence-corrected chi connectivity index (χ2v) is 5.36. The minimum atomic E-state index is -0.410. The molecule has 1 amide bonds. The lowest BCUT2D eigenvalue weighted by molar-refractivity contribution is -0.129. The molecular formula is C16H24N2O2. The minimum Gasteiger partial charge on any atom is -0.481 e. The van der Waals surface area contributed by atoms with E-state index >= 15 is 0 Å². The Labute approximate surface area is 120 Å². The molecule has 1 saturated heterocycles. The summed E-state index contributed by atoms with van der Waals surface area (Å²) in [6, 6.07) is 8.10. The predicted octanol–water partition coefficient (Wildman–Crippen LogP) is 2.02. The van der Waals surface area contributed by atoms with Crippen LogP contribution in [0, 0.1) is 6.92 Å². The van der Waals surface area contributed by atoms with E-state index in [4.69, 9.17) is 4.74 Å². The molecule has 0 radical (unpaired) electrons. The van der Waals surface area contributed by atoms with Crippen molar-refractivity contribution in [3.05, 3.63) is 29.8 Å². The zero-order chi connectivity index (χ0) is 14.4. The molecule has 1 aromatic carbocycles. The summed E-state index contributed by atoms with van der Waals surface area (Å²) in [5.41, 5.74) is 1.14. The summed E-state index contributed by atoms with van der Waals surface area (Å²) in [5.74, 6) is 0.762. The highest BCUT2D eigenvalue weighted by atomic mass is 16.5. The molecule has 4 nitrogen and oxygen atoms in total. The fourth-order valence-electron chi connectivity index (χ4n) is 2.44. The van der Waals surface area contributed by atoms with E-state index in [1.165, 1.54) is 0 Å². The SMILES string of the molecule is CCC(Oc1cccc(C)c1)C(=O)NC1CCNCC1. The van der Waals surface area contributed by atoms with Crippen molar-refractivity contribution in [3.63, 3.8) is 0 Å². The average Bonchev–Trinajstić information content (AvgIpc) is 2.46. The molecule has 0 aromatic heterocycles. The van der Waals surface area contributed by atoms with Gasteiger partial charge in [-0.1, -0.05) is 19.1 Å². The van der Waals surface area contributed by atoms with Crippen LogP contribution in [0.25, 0.3) is 0 Å². The maximum atomic E-state index is 12.3. The van der Waals surface area contributed by atoms with Gasteiger partial charge in [0.05, 0.1) is 0 Å². The lowest BCUT2D eigenvalue weighted by Crippen LogP contribution is -2.47. The van der Waals surface area contributed by atoms with Crippen LogP contribution in [-0.2, 0) is 4.79 Å². The number of rotatable bonds is 5. The van der Waals surface area contributed by atoms with E-state index < -0.39 is 6.10 Å². The van der Waals surface area contributed by atoms with Crippen LogP contribution in [0.1, 0.15) is 31.7 Å². The maximum Gasteiger partial charge on any atom is 0.261 e. The third-order valence-electron chi connectivity index (χ3n) is 3.62. The van der Waals surface area contributed by atoms with Crippen molar-refractivity contribution in [2.24, 2.45) is 0 Å². The first-order chi connectivity index (χ1) is 9.69. The van der Waals surface area contributed by atoms with Gasteiger partial charge in [0, 0.05) is 6.04 Å². The van der Waals surface area contributed by atoms with Crippen LogP contribution in [0.5, 0.6) is 5.75 Å². The molecule has 0 spiro atoms. The summed E-state index contributed by atoms with van der Waals surface area (Å²) in [7, 11) is 0. The molecule has 1 aliphatic heterocycles. The quantitative estimate of drug-likeness (QED) is 0.865. The Balaban J connectivity index is 1.91. The second kappa shape index (κ2) is 7.29. The molecule has 1 fully saturated rings. The highest BCUT2D eigenvalue weighted by Gasteiger charge is 2.22. The fraction of sp³-hybridized carbons (Fsp3) is 0.562. The second-order valence-electron chi connectivity index (χ2n) is 5.36. The van der Waals surface area contributed by atoms with Gasteiger partial charge in [-0.15, -0.1) is 0 Å². The Morgan fingerprint density at radius 1 is 1.45 bits per heavy atom. The van der Waals surface area contributed by atoms with Crippen molar-refractivity contribution < 1.29 is 9.53 Å². The monoisotopic (exact) mass is 276 g/mol. The first-order valence-electron chi connectivity index (χ1n) is 7.43. The number of piperidine rings is 1. The van der Waals surface area contributed by atoms with E-state index in [-0.39, 0.29) is 11.9 Å². The number of carbonyl (C=O) groups is 1. The van der Waals surface area contributed by atoms with Crippen LogP contribution in [0.2, 0.25) is 0 Å². The molecule has 1 unspecified atom stereocenters. The zero-order valence-electron chi connectivity index (χ0n) is 12.3. The molecule has 0 aliphatic carbocycles. The van der Waals surface area contributed by atoms with E-state index in [1.54, 1.807) is 0 Å². The fourth-order valence-corrected chi connectivity index (χ4v) is 2.44. The molecule has 1 aromatic rings. The van der Waals surface area contributed by atoms with Crippen LogP contribution in [-0.4, -0.2) is 31.1 Å². The number of nitrogens with one attached hydrogen (secondary N) is 2. The number of ether oxygens (including phenoxy) is 1. The predicted molar refractivity (Wildman–Crippen MR) is 79.9 cm³/mol. The van der Waals surface area contributed by atoms with E-state index in [0.29, 0.717) is 6.42 Å². The summed E-state index contributed by atoms with van der Waals surface area (Å²) in [6.07, 6.45) is 2.25. The van der Waals surface area contributed by atoms with Gasteiger partial charge < -0.3 is 15.4 Å². The van der Waals surface area contributed by atoms with Gasteiger partial charge in [0.15, 0.2) is 6.10 Å². The largest absolute Gasteiger partial charge is 0.481 e. The van der Waals surface area contributed by atoms with E-state index in [2.05, 4.69) is 10.6 Å². The average molecular weight is 276 g/mol. The third kappa shape index (κ3) is 4.23. The van der Waals surface area contributed by atoms with Gasteiger partial charge >= 0.3 is 0 Å². The molecule has 0 saturated carbocycles. The molecule has 2 N–H and O–H groups in total. The molecular weight excluding hydrogens is 252 g/mol. The summed E-state index contributed by atoms with van der Waals surface area (Å²) < 4.78 is 5.82. The third-order valence-corrected chi connectivity index (χ3v) is 3.62. The number of hydrogen-bond acceptors (Lipinski definition) is 3. The Bertz CT molecular complexity index is 442. The molecule has 1 aliphatic rings. The lowest BCUT2D eigenvalue weighted by atomic mass is 10.1. The van der Waals surface area contributed by atoms with Gasteiger partial charge in [-0.2, -0.15) is 0 Å². The minimum absolute atomic E-state index is 0.000839. The van der Waals surface area contributed by atoms with Gasteiger partial charge in [0.25, 0.3) is 5.91 Å². The Morgan fingerprint density at radius 3 is 2.85 bits per heavy atom. The van der Waals surface area contributed by atoms with E-state index in [9.17, 15) is 4.79 Å². The zero-order valence-corrected chi connectivity index (χ0v) is 12.3. The topological polar surface area (TPSA) is 50.4 Å². The van der Waals surface area contributed by atoms with Crippen LogP contribution >= 0.6 is 0 Å². The van der Waals surface area contributed by atoms with Crippen molar-refractivity contribution >= 4 is 5.91 Å². The van der Waals surface area contributed by atoms with Crippen LogP contribution in [0.15, 0.2) is 24.3 Å². The highest BCUT2D eigenvalue weighted by molar-refractivity contribution is 5.81. The van der Waals surface area contributed by atoms with Gasteiger partial charge in [-0.25, -0.2) is 0 Å². The number of aryl methyl sites for hydroxylation is 1. The highest BCUT2D eigenvalue weighted by Crippen LogP contribution is 2.16. The molecule has 1 atom stereocenters. The van der Waals surface area contributed by atoms with Crippen molar-refractivity contribution in [1.29, 1.82) is 0 Å². The first kappa shape index (κ1) is 14.9. The van der Waals surface area contributed by atoms with Gasteiger partial charge in [-0.05, 0) is 57.0 Å². The van der Waals surface area contributed by atoms with Crippen LogP contribution in [0.3, 0.4) is 0 Å². The molecule has 1 heterocycles. The maximum absolute atomic E-state index is 12.3. The number of benzene rings is 1. The van der Waals surface area contributed by atoms with Crippen molar-refractivity contribution in [3.8, 4) is 5.75 Å². The summed E-state index contributed by atoms with van der Waals surface area (Å²) >= 11 is 0. The Kier molecular flexibility index (Phi) is 5.41. The molecule has 0 bridgehead atoms.